The van der Waals surface area contributed by atoms with Crippen LogP contribution in [0, 0.1) is 11.8 Å². The van der Waals surface area contributed by atoms with Crippen LogP contribution in [0.5, 0.6) is 0 Å². The smallest absolute Gasteiger partial charge is 0.400 e. The van der Waals surface area contributed by atoms with Gasteiger partial charge in [0.1, 0.15) is 0 Å². The maximum atomic E-state index is 13.2. The number of rotatable bonds is 8. The summed E-state index contributed by atoms with van der Waals surface area (Å²) in [7, 11) is -5.86. The standard InChI is InChI=1S/C13H21F3O6S/c1-12(2,18)7-8-5-9(6-8)11(17)22-4-3-10(14)13(15,16)23(19,20)21/h8-10,18H,3-7H2,1-2H3,(H,19,20,21). The van der Waals surface area contributed by atoms with E-state index in [0.717, 1.165) is 0 Å². The lowest BCUT2D eigenvalue weighted by atomic mass is 9.70. The van der Waals surface area contributed by atoms with Gasteiger partial charge in [-0.05, 0) is 39.0 Å². The van der Waals surface area contributed by atoms with Crippen molar-refractivity contribution in [3.8, 4) is 0 Å². The van der Waals surface area contributed by atoms with Crippen molar-refractivity contribution in [2.75, 3.05) is 6.61 Å². The number of ether oxygens (including phenoxy) is 1. The van der Waals surface area contributed by atoms with Gasteiger partial charge in [-0.15, -0.1) is 0 Å². The van der Waals surface area contributed by atoms with Gasteiger partial charge in [0, 0.05) is 6.42 Å². The number of carbonyl (C=O) groups is 1. The molecule has 0 saturated heterocycles. The Morgan fingerprint density at radius 2 is 1.87 bits per heavy atom. The van der Waals surface area contributed by atoms with Crippen LogP contribution in [0.2, 0.25) is 0 Å². The number of esters is 1. The summed E-state index contributed by atoms with van der Waals surface area (Å²) in [4.78, 5) is 11.6. The van der Waals surface area contributed by atoms with E-state index in [2.05, 4.69) is 4.74 Å². The summed E-state index contributed by atoms with van der Waals surface area (Å²) in [6.45, 7) is 2.59. The van der Waals surface area contributed by atoms with Crippen LogP contribution in [0.25, 0.3) is 0 Å². The molecule has 136 valence electrons. The van der Waals surface area contributed by atoms with E-state index in [-0.39, 0.29) is 5.92 Å². The lowest BCUT2D eigenvalue weighted by molar-refractivity contribution is -0.155. The Balaban J connectivity index is 2.31. The fourth-order valence-electron chi connectivity index (χ4n) is 2.51. The molecule has 23 heavy (non-hydrogen) atoms. The topological polar surface area (TPSA) is 101 Å². The van der Waals surface area contributed by atoms with Crippen molar-refractivity contribution < 1.29 is 40.8 Å². The Hall–Kier alpha value is -0.870. The Bertz CT molecular complexity index is 522. The third-order valence-corrected chi connectivity index (χ3v) is 4.63. The molecule has 0 radical (unpaired) electrons. The second-order valence-electron chi connectivity index (χ2n) is 6.51. The van der Waals surface area contributed by atoms with Crippen LogP contribution in [0.4, 0.5) is 13.2 Å². The van der Waals surface area contributed by atoms with Gasteiger partial charge in [0.2, 0.25) is 0 Å². The number of alkyl halides is 3. The molecule has 1 saturated carbocycles. The van der Waals surface area contributed by atoms with Crippen molar-refractivity contribution in [1.29, 1.82) is 0 Å². The molecule has 1 atom stereocenters. The van der Waals surface area contributed by atoms with E-state index >= 15 is 0 Å². The number of hydrogen-bond donors (Lipinski definition) is 2. The van der Waals surface area contributed by atoms with E-state index in [4.69, 9.17) is 4.55 Å². The molecular formula is C13H21F3O6S. The third kappa shape index (κ3) is 5.61. The van der Waals surface area contributed by atoms with Crippen LogP contribution in [-0.4, -0.2) is 47.7 Å². The largest absolute Gasteiger partial charge is 0.465 e. The molecule has 0 amide bonds. The number of hydrogen-bond acceptors (Lipinski definition) is 5. The molecule has 1 aliphatic carbocycles. The first-order valence-electron chi connectivity index (χ1n) is 7.12. The highest BCUT2D eigenvalue weighted by Gasteiger charge is 2.52. The van der Waals surface area contributed by atoms with Gasteiger partial charge in [-0.1, -0.05) is 0 Å². The summed E-state index contributed by atoms with van der Waals surface area (Å²) in [5.74, 6) is -0.938. The van der Waals surface area contributed by atoms with E-state index in [1.54, 1.807) is 13.8 Å². The van der Waals surface area contributed by atoms with Crippen LogP contribution < -0.4 is 0 Å². The average Bonchev–Trinajstić information content (AvgIpc) is 2.30. The maximum absolute atomic E-state index is 13.2. The molecule has 0 heterocycles. The van der Waals surface area contributed by atoms with Crippen molar-refractivity contribution in [3.63, 3.8) is 0 Å². The van der Waals surface area contributed by atoms with Crippen molar-refractivity contribution >= 4 is 16.1 Å². The molecular weight excluding hydrogens is 341 g/mol. The summed E-state index contributed by atoms with van der Waals surface area (Å²) in [6.07, 6.45) is -2.72. The maximum Gasteiger partial charge on any atom is 0.400 e. The van der Waals surface area contributed by atoms with Gasteiger partial charge in [0.25, 0.3) is 0 Å². The normalized spacial score (nSPS) is 24.0. The summed E-state index contributed by atoms with van der Waals surface area (Å²) >= 11 is 0. The Morgan fingerprint density at radius 1 is 1.35 bits per heavy atom. The third-order valence-electron chi connectivity index (χ3n) is 3.68. The zero-order valence-electron chi connectivity index (χ0n) is 12.8. The second kappa shape index (κ2) is 6.94. The van der Waals surface area contributed by atoms with Gasteiger partial charge in [-0.2, -0.15) is 17.2 Å². The van der Waals surface area contributed by atoms with Gasteiger partial charge >= 0.3 is 21.3 Å². The molecule has 10 heteroatoms. The van der Waals surface area contributed by atoms with Crippen LogP contribution in [0.1, 0.15) is 39.5 Å². The zero-order valence-corrected chi connectivity index (χ0v) is 13.7. The van der Waals surface area contributed by atoms with Gasteiger partial charge in [0.05, 0.1) is 18.1 Å². The molecule has 0 aliphatic heterocycles. The molecule has 0 aromatic rings. The fourth-order valence-corrected chi connectivity index (χ4v) is 2.95. The number of carbonyl (C=O) groups excluding carboxylic acids is 1. The van der Waals surface area contributed by atoms with E-state index in [9.17, 15) is 31.5 Å². The second-order valence-corrected chi connectivity index (χ2v) is 8.01. The van der Waals surface area contributed by atoms with Crippen LogP contribution in [0.3, 0.4) is 0 Å². The molecule has 0 aromatic heterocycles. The number of aliphatic hydroxyl groups is 1. The lowest BCUT2D eigenvalue weighted by Crippen LogP contribution is -2.40. The van der Waals surface area contributed by atoms with Crippen molar-refractivity contribution in [2.45, 2.75) is 56.6 Å². The Morgan fingerprint density at radius 3 is 2.30 bits per heavy atom. The average molecular weight is 362 g/mol. The highest BCUT2D eigenvalue weighted by Crippen LogP contribution is 2.39. The molecule has 1 unspecified atom stereocenters. The summed E-state index contributed by atoms with van der Waals surface area (Å²) < 4.78 is 72.6. The highest BCUT2D eigenvalue weighted by molar-refractivity contribution is 7.86. The first-order valence-corrected chi connectivity index (χ1v) is 8.56. The molecule has 1 rings (SSSR count). The molecule has 2 N–H and O–H groups in total. The monoisotopic (exact) mass is 362 g/mol. The molecule has 0 aromatic carbocycles. The summed E-state index contributed by atoms with van der Waals surface area (Å²) in [5, 5.41) is 4.69. The summed E-state index contributed by atoms with van der Waals surface area (Å²) in [5.41, 5.74) is -0.845. The molecule has 0 bridgehead atoms. The van der Waals surface area contributed by atoms with Gasteiger partial charge in [-0.3, -0.25) is 9.35 Å². The quantitative estimate of drug-likeness (QED) is 0.505. The number of halogens is 3. The predicted octanol–water partition coefficient (Wildman–Crippen LogP) is 1.93. The molecule has 1 fully saturated rings. The molecule has 1 aliphatic rings. The minimum Gasteiger partial charge on any atom is -0.465 e. The fraction of sp³-hybridized carbons (Fsp3) is 0.923. The van der Waals surface area contributed by atoms with Crippen molar-refractivity contribution in [2.24, 2.45) is 11.8 Å². The summed E-state index contributed by atoms with van der Waals surface area (Å²) in [6, 6.07) is 0. The minimum atomic E-state index is -5.86. The van der Waals surface area contributed by atoms with Gasteiger partial charge in [0.15, 0.2) is 6.17 Å². The van der Waals surface area contributed by atoms with Crippen molar-refractivity contribution in [3.05, 3.63) is 0 Å². The van der Waals surface area contributed by atoms with E-state index in [1.165, 1.54) is 0 Å². The lowest BCUT2D eigenvalue weighted by Gasteiger charge is -2.36. The van der Waals surface area contributed by atoms with Gasteiger partial charge in [-0.25, -0.2) is 4.39 Å². The zero-order chi connectivity index (χ0) is 18.1. The Labute approximate surface area is 132 Å². The van der Waals surface area contributed by atoms with Crippen molar-refractivity contribution in [1.82, 2.24) is 0 Å². The SMILES string of the molecule is CC(C)(O)CC1CC(C(=O)OCCC(F)C(F)(F)S(=O)(=O)O)C1. The van der Waals surface area contributed by atoms with E-state index < -0.39 is 52.1 Å². The van der Waals surface area contributed by atoms with Gasteiger partial charge < -0.3 is 9.84 Å². The highest BCUT2D eigenvalue weighted by atomic mass is 32.2. The van der Waals surface area contributed by atoms with E-state index in [0.29, 0.717) is 19.3 Å². The minimum absolute atomic E-state index is 0.158. The Kier molecular flexibility index (Phi) is 6.09. The molecule has 6 nitrogen and oxygen atoms in total. The van der Waals surface area contributed by atoms with Crippen LogP contribution in [0.15, 0.2) is 0 Å². The van der Waals surface area contributed by atoms with Crippen LogP contribution >= 0.6 is 0 Å². The van der Waals surface area contributed by atoms with Crippen LogP contribution in [-0.2, 0) is 19.6 Å². The predicted molar refractivity (Wildman–Crippen MR) is 74.1 cm³/mol. The molecule has 0 spiro atoms. The first-order chi connectivity index (χ1) is 10.2. The van der Waals surface area contributed by atoms with E-state index in [1.807, 2.05) is 0 Å². The first kappa shape index (κ1) is 20.2.